The van der Waals surface area contributed by atoms with Gasteiger partial charge in [0.25, 0.3) is 10.1 Å². The van der Waals surface area contributed by atoms with Gasteiger partial charge in [0.15, 0.2) is 0 Å². The second-order valence-corrected chi connectivity index (χ2v) is 13.6. The van der Waals surface area contributed by atoms with Crippen molar-refractivity contribution in [1.29, 1.82) is 0 Å². The zero-order valence-corrected chi connectivity index (χ0v) is 25.7. The first kappa shape index (κ1) is 31.7. The van der Waals surface area contributed by atoms with Crippen molar-refractivity contribution in [3.8, 4) is 5.75 Å². The van der Waals surface area contributed by atoms with E-state index in [0.29, 0.717) is 0 Å². The fraction of sp³-hybridized carbons (Fsp3) is 0.238. The van der Waals surface area contributed by atoms with Crippen molar-refractivity contribution in [3.63, 3.8) is 0 Å². The fourth-order valence-corrected chi connectivity index (χ4v) is 6.83. The van der Waals surface area contributed by atoms with E-state index >= 15 is 0 Å². The Hall–Kier alpha value is -1.86. The summed E-state index contributed by atoms with van der Waals surface area (Å²) in [6, 6.07) is 8.41. The third-order valence-electron chi connectivity index (χ3n) is 5.41. The predicted octanol–water partition coefficient (Wildman–Crippen LogP) is -0.375. The Labute approximate surface area is 252 Å². The van der Waals surface area contributed by atoms with Crippen molar-refractivity contribution in [1.82, 2.24) is 4.31 Å². The summed E-state index contributed by atoms with van der Waals surface area (Å²) in [5.74, 6) is -0.872. The number of halogens is 1. The van der Waals surface area contributed by atoms with Crippen LogP contribution in [0.2, 0.25) is 5.02 Å². The van der Waals surface area contributed by atoms with Crippen molar-refractivity contribution >= 4 is 69.6 Å². The molecule has 1 fully saturated rings. The van der Waals surface area contributed by atoms with Gasteiger partial charge in [-0.25, -0.2) is 16.8 Å². The molecule has 13 nitrogen and oxygen atoms in total. The van der Waals surface area contributed by atoms with E-state index in [1.165, 1.54) is 24.3 Å². The zero-order valence-electron chi connectivity index (χ0n) is 20.5. The van der Waals surface area contributed by atoms with Gasteiger partial charge in [-0.15, -0.1) is 5.11 Å². The van der Waals surface area contributed by atoms with Gasteiger partial charge in [0.05, 0.1) is 46.4 Å². The number of nitrogens with zero attached hydrogens (tertiary/aromatic N) is 3. The molecule has 0 amide bonds. The predicted molar refractivity (Wildman–Crippen MR) is 137 cm³/mol. The summed E-state index contributed by atoms with van der Waals surface area (Å²) >= 11 is 5.83. The van der Waals surface area contributed by atoms with E-state index in [1.807, 2.05) is 0 Å². The SMILES string of the molecule is CS(=O)(=O)Nc1cccc2c([O-])c(S(=O)(=O)N3CCOCC3)cc(N=Nc3ccc(Cl)c(S(=O)(=O)O)c3)c12.[Na+]. The van der Waals surface area contributed by atoms with Crippen LogP contribution in [0, 0.1) is 0 Å². The Kier molecular flexibility index (Phi) is 9.69. The van der Waals surface area contributed by atoms with Gasteiger partial charge in [-0.1, -0.05) is 29.5 Å². The van der Waals surface area contributed by atoms with Crippen molar-refractivity contribution in [2.45, 2.75) is 9.79 Å². The molecule has 3 aromatic carbocycles. The van der Waals surface area contributed by atoms with Gasteiger partial charge >= 0.3 is 29.6 Å². The number of morpholine rings is 1. The molecule has 39 heavy (non-hydrogen) atoms. The maximum absolute atomic E-state index is 13.4. The van der Waals surface area contributed by atoms with Crippen LogP contribution in [0.5, 0.6) is 5.75 Å². The average Bonchev–Trinajstić information content (AvgIpc) is 2.83. The maximum atomic E-state index is 13.4. The second kappa shape index (κ2) is 11.9. The van der Waals surface area contributed by atoms with E-state index in [1.54, 1.807) is 0 Å². The van der Waals surface area contributed by atoms with Crippen LogP contribution in [-0.4, -0.2) is 66.7 Å². The molecule has 4 rings (SSSR count). The minimum Gasteiger partial charge on any atom is -0.871 e. The largest absolute Gasteiger partial charge is 1.00 e. The topological polar surface area (TPSA) is 195 Å². The second-order valence-electron chi connectivity index (χ2n) is 8.13. The molecule has 1 aliphatic rings. The van der Waals surface area contributed by atoms with E-state index in [9.17, 15) is 34.9 Å². The molecule has 1 heterocycles. The number of hydrogen-bond acceptors (Lipinski definition) is 10. The molecule has 2 N–H and O–H groups in total. The monoisotopic (exact) mass is 626 g/mol. The number of anilines is 1. The van der Waals surface area contributed by atoms with Crippen LogP contribution >= 0.6 is 11.6 Å². The molecular weight excluding hydrogens is 607 g/mol. The zero-order chi connectivity index (χ0) is 27.9. The first-order chi connectivity index (χ1) is 17.7. The molecule has 0 atom stereocenters. The van der Waals surface area contributed by atoms with E-state index in [4.69, 9.17) is 16.3 Å². The van der Waals surface area contributed by atoms with E-state index in [-0.39, 0.29) is 88.7 Å². The van der Waals surface area contributed by atoms with Crippen molar-refractivity contribution in [2.24, 2.45) is 10.2 Å². The van der Waals surface area contributed by atoms with Gasteiger partial charge in [-0.2, -0.15) is 17.8 Å². The van der Waals surface area contributed by atoms with Crippen molar-refractivity contribution in [3.05, 3.63) is 47.5 Å². The summed E-state index contributed by atoms with van der Waals surface area (Å²) in [6.07, 6.45) is 0.896. The van der Waals surface area contributed by atoms with Gasteiger partial charge in [-0.05, 0) is 35.7 Å². The third-order valence-corrected chi connectivity index (χ3v) is 9.24. The Morgan fingerprint density at radius 2 is 1.67 bits per heavy atom. The molecule has 1 saturated heterocycles. The smallest absolute Gasteiger partial charge is 0.871 e. The number of azo groups is 1. The summed E-state index contributed by atoms with van der Waals surface area (Å²) in [5.41, 5.74) is -0.338. The van der Waals surface area contributed by atoms with Crippen molar-refractivity contribution in [2.75, 3.05) is 37.3 Å². The number of hydrogen-bond donors (Lipinski definition) is 2. The molecule has 1 aliphatic heterocycles. The summed E-state index contributed by atoms with van der Waals surface area (Å²) in [5, 5.41) is 20.9. The summed E-state index contributed by atoms with van der Waals surface area (Å²) < 4.78 is 91.8. The third kappa shape index (κ3) is 7.08. The molecule has 3 aromatic rings. The van der Waals surface area contributed by atoms with E-state index in [0.717, 1.165) is 28.8 Å². The van der Waals surface area contributed by atoms with E-state index < -0.39 is 45.7 Å². The fourth-order valence-electron chi connectivity index (χ4n) is 3.76. The van der Waals surface area contributed by atoms with Gasteiger partial charge < -0.3 is 9.84 Å². The van der Waals surface area contributed by atoms with Gasteiger partial charge in [0.2, 0.25) is 20.0 Å². The van der Waals surface area contributed by atoms with Crippen LogP contribution in [0.25, 0.3) is 10.8 Å². The van der Waals surface area contributed by atoms with Crippen LogP contribution in [0.4, 0.5) is 17.1 Å². The van der Waals surface area contributed by atoms with Gasteiger partial charge in [-0.3, -0.25) is 9.27 Å². The molecular formula is C21H20ClN4NaO9S3. The molecule has 0 spiro atoms. The van der Waals surface area contributed by atoms with Crippen LogP contribution in [0.3, 0.4) is 0 Å². The molecule has 204 valence electrons. The summed E-state index contributed by atoms with van der Waals surface area (Å²) in [4.78, 5) is -1.24. The van der Waals surface area contributed by atoms with Crippen molar-refractivity contribution < 1.29 is 69.2 Å². The van der Waals surface area contributed by atoms with E-state index in [2.05, 4.69) is 15.0 Å². The van der Waals surface area contributed by atoms with Crippen LogP contribution in [0.15, 0.2) is 62.5 Å². The van der Waals surface area contributed by atoms with Crippen LogP contribution in [-0.2, 0) is 34.9 Å². The number of benzene rings is 3. The quantitative estimate of drug-likeness (QED) is 0.200. The Bertz CT molecular complexity index is 1780. The van der Waals surface area contributed by atoms with Gasteiger partial charge in [0.1, 0.15) is 4.90 Å². The minimum atomic E-state index is -4.69. The van der Waals surface area contributed by atoms with Crippen LogP contribution < -0.4 is 39.4 Å². The number of ether oxygens (including phenoxy) is 1. The van der Waals surface area contributed by atoms with Crippen LogP contribution in [0.1, 0.15) is 0 Å². The number of nitrogens with one attached hydrogen (secondary N) is 1. The Morgan fingerprint density at radius 1 is 1.00 bits per heavy atom. The number of rotatable bonds is 7. The number of fused-ring (bicyclic) bond motifs is 1. The van der Waals surface area contributed by atoms with Gasteiger partial charge in [0, 0.05) is 18.5 Å². The molecule has 0 bridgehead atoms. The standard InChI is InChI=1S/C21H21ClN4O9S3.Na/c1-36(28,29)25-16-4-2-3-14-20(16)17(24-23-13-5-6-15(22)18(11-13)38(32,33)34)12-19(21(14)27)37(30,31)26-7-9-35-10-8-26;/h2-6,11-12,25,27H,7-10H2,1H3,(H,32,33,34);/q;+1/p-1. The summed E-state index contributed by atoms with van der Waals surface area (Å²) in [6.45, 7) is 0.330. The molecule has 0 aromatic heterocycles. The summed E-state index contributed by atoms with van der Waals surface area (Å²) in [7, 11) is -12.8. The average molecular weight is 627 g/mol. The molecule has 0 unspecified atom stereocenters. The minimum absolute atomic E-state index is 0. The molecule has 0 aliphatic carbocycles. The first-order valence-corrected chi connectivity index (χ1v) is 15.8. The Morgan fingerprint density at radius 3 is 2.28 bits per heavy atom. The Balaban J connectivity index is 0.00000420. The molecule has 18 heteroatoms. The molecule has 0 radical (unpaired) electrons. The first-order valence-electron chi connectivity index (χ1n) is 10.7. The maximum Gasteiger partial charge on any atom is 1.00 e. The molecule has 0 saturated carbocycles. The normalized spacial score (nSPS) is 15.4. The number of sulfonamides is 2.